The standard InChI is InChI=1S/C9H5N3O6S/c13-8(5-1-2-18-4-5)10-9-6(11(14)15)3-7(19-9)12(16)17/h1-4H,(H,10,13). The molecule has 2 rings (SSSR count). The second-order valence-electron chi connectivity index (χ2n) is 3.28. The zero-order chi connectivity index (χ0) is 14.0. The second kappa shape index (κ2) is 4.86. The summed E-state index contributed by atoms with van der Waals surface area (Å²) in [5.41, 5.74) is -0.362. The van der Waals surface area contributed by atoms with Gasteiger partial charge in [-0.25, -0.2) is 0 Å². The van der Waals surface area contributed by atoms with E-state index in [-0.39, 0.29) is 10.6 Å². The van der Waals surface area contributed by atoms with Crippen LogP contribution in [-0.4, -0.2) is 15.8 Å². The van der Waals surface area contributed by atoms with Crippen molar-refractivity contribution in [2.45, 2.75) is 0 Å². The molecule has 0 spiro atoms. The lowest BCUT2D eigenvalue weighted by Gasteiger charge is -1.98. The SMILES string of the molecule is O=C(Nc1sc([N+](=O)[O-])cc1[N+](=O)[O-])c1ccoc1. The predicted octanol–water partition coefficient (Wildman–Crippen LogP) is 2.41. The van der Waals surface area contributed by atoms with Gasteiger partial charge in [0.2, 0.25) is 0 Å². The number of hydrogen-bond donors (Lipinski definition) is 1. The number of carbonyl (C=O) groups excluding carboxylic acids is 1. The molecule has 0 atom stereocenters. The van der Waals surface area contributed by atoms with Gasteiger partial charge in [-0.1, -0.05) is 0 Å². The average molecular weight is 283 g/mol. The zero-order valence-corrected chi connectivity index (χ0v) is 9.88. The second-order valence-corrected chi connectivity index (χ2v) is 4.31. The first-order chi connectivity index (χ1) is 8.99. The van der Waals surface area contributed by atoms with Gasteiger partial charge in [-0.3, -0.25) is 25.0 Å². The molecule has 0 aliphatic heterocycles. The van der Waals surface area contributed by atoms with Crippen LogP contribution >= 0.6 is 11.3 Å². The Morgan fingerprint density at radius 3 is 2.58 bits per heavy atom. The van der Waals surface area contributed by atoms with Gasteiger partial charge in [0.15, 0.2) is 5.00 Å². The monoisotopic (exact) mass is 283 g/mol. The molecule has 9 nitrogen and oxygen atoms in total. The Labute approximate surface area is 108 Å². The van der Waals surface area contributed by atoms with Gasteiger partial charge in [0.05, 0.1) is 21.7 Å². The van der Waals surface area contributed by atoms with Gasteiger partial charge in [-0.2, -0.15) is 0 Å². The molecular weight excluding hydrogens is 278 g/mol. The van der Waals surface area contributed by atoms with Crippen LogP contribution in [0, 0.1) is 20.2 Å². The highest BCUT2D eigenvalue weighted by Crippen LogP contribution is 2.39. The van der Waals surface area contributed by atoms with Crippen molar-refractivity contribution in [1.29, 1.82) is 0 Å². The summed E-state index contributed by atoms with van der Waals surface area (Å²) in [6, 6.07) is 2.17. The highest BCUT2D eigenvalue weighted by molar-refractivity contribution is 7.20. The van der Waals surface area contributed by atoms with Crippen molar-refractivity contribution in [3.05, 3.63) is 50.5 Å². The molecule has 0 aliphatic carbocycles. The molecule has 0 aliphatic rings. The van der Waals surface area contributed by atoms with Crippen molar-refractivity contribution in [3.8, 4) is 0 Å². The van der Waals surface area contributed by atoms with E-state index in [4.69, 9.17) is 4.42 Å². The molecule has 98 valence electrons. The Morgan fingerprint density at radius 1 is 1.32 bits per heavy atom. The van der Waals surface area contributed by atoms with Gasteiger partial charge in [0.1, 0.15) is 12.3 Å². The van der Waals surface area contributed by atoms with Crippen molar-refractivity contribution in [3.63, 3.8) is 0 Å². The van der Waals surface area contributed by atoms with E-state index < -0.39 is 26.4 Å². The lowest BCUT2D eigenvalue weighted by atomic mass is 10.3. The number of hydrogen-bond acceptors (Lipinski definition) is 7. The van der Waals surface area contributed by atoms with Crippen LogP contribution in [0.2, 0.25) is 0 Å². The predicted molar refractivity (Wildman–Crippen MR) is 64.3 cm³/mol. The van der Waals surface area contributed by atoms with Crippen molar-refractivity contribution >= 4 is 32.9 Å². The number of thiophene rings is 1. The summed E-state index contributed by atoms with van der Waals surface area (Å²) in [7, 11) is 0. The maximum absolute atomic E-state index is 11.7. The van der Waals surface area contributed by atoms with E-state index in [1.54, 1.807) is 0 Å². The summed E-state index contributed by atoms with van der Waals surface area (Å²) in [5.74, 6) is -0.645. The molecule has 0 fully saturated rings. The number of rotatable bonds is 4. The Morgan fingerprint density at radius 2 is 2.05 bits per heavy atom. The van der Waals surface area contributed by atoms with Crippen LogP contribution < -0.4 is 5.32 Å². The Bertz CT molecular complexity index is 647. The number of furan rings is 1. The molecule has 0 aromatic carbocycles. The molecule has 2 heterocycles. The molecule has 0 saturated heterocycles. The van der Waals surface area contributed by atoms with Crippen molar-refractivity contribution in [1.82, 2.24) is 0 Å². The third-order valence-electron chi connectivity index (χ3n) is 2.09. The Kier molecular flexibility index (Phi) is 3.25. The fourth-order valence-electron chi connectivity index (χ4n) is 1.25. The molecule has 1 amide bonds. The number of amides is 1. The van der Waals surface area contributed by atoms with Gasteiger partial charge in [-0.15, -0.1) is 0 Å². The molecule has 10 heteroatoms. The molecule has 0 radical (unpaired) electrons. The van der Waals surface area contributed by atoms with E-state index in [1.165, 1.54) is 12.3 Å². The molecule has 19 heavy (non-hydrogen) atoms. The van der Waals surface area contributed by atoms with Crippen LogP contribution in [0.5, 0.6) is 0 Å². The van der Waals surface area contributed by atoms with Crippen LogP contribution in [-0.2, 0) is 0 Å². The topological polar surface area (TPSA) is 129 Å². The summed E-state index contributed by atoms with van der Waals surface area (Å²) in [6.45, 7) is 0. The average Bonchev–Trinajstić information content (AvgIpc) is 2.97. The summed E-state index contributed by atoms with van der Waals surface area (Å²) < 4.78 is 4.69. The first kappa shape index (κ1) is 12.7. The van der Waals surface area contributed by atoms with E-state index >= 15 is 0 Å². The number of carbonyl (C=O) groups is 1. The van der Waals surface area contributed by atoms with Crippen molar-refractivity contribution in [2.75, 3.05) is 5.32 Å². The Balaban J connectivity index is 2.31. The molecule has 0 saturated carbocycles. The normalized spacial score (nSPS) is 10.1. The fraction of sp³-hybridized carbons (Fsp3) is 0. The number of anilines is 1. The van der Waals surface area contributed by atoms with E-state index in [0.29, 0.717) is 11.3 Å². The van der Waals surface area contributed by atoms with Crippen molar-refractivity contribution in [2.24, 2.45) is 0 Å². The zero-order valence-electron chi connectivity index (χ0n) is 9.06. The minimum atomic E-state index is -0.797. The summed E-state index contributed by atoms with van der Waals surface area (Å²) in [5, 5.41) is 22.9. The van der Waals surface area contributed by atoms with Crippen LogP contribution in [0.3, 0.4) is 0 Å². The lowest BCUT2D eigenvalue weighted by molar-refractivity contribution is -0.389. The maximum Gasteiger partial charge on any atom is 0.333 e. The lowest BCUT2D eigenvalue weighted by Crippen LogP contribution is -2.10. The summed E-state index contributed by atoms with van der Waals surface area (Å²) in [4.78, 5) is 31.4. The van der Waals surface area contributed by atoms with E-state index in [1.807, 2.05) is 0 Å². The molecular formula is C9H5N3O6S. The fourth-order valence-corrected chi connectivity index (χ4v) is 2.09. The van der Waals surface area contributed by atoms with Crippen LogP contribution in [0.25, 0.3) is 0 Å². The molecule has 0 unspecified atom stereocenters. The van der Waals surface area contributed by atoms with Crippen LogP contribution in [0.4, 0.5) is 15.7 Å². The van der Waals surface area contributed by atoms with Gasteiger partial charge in [-0.05, 0) is 17.4 Å². The number of nitro groups is 2. The summed E-state index contributed by atoms with van der Waals surface area (Å²) in [6.07, 6.45) is 2.42. The quantitative estimate of drug-likeness (QED) is 0.677. The first-order valence-corrected chi connectivity index (χ1v) is 5.57. The smallest absolute Gasteiger partial charge is 0.333 e. The van der Waals surface area contributed by atoms with Gasteiger partial charge in [0, 0.05) is 0 Å². The van der Waals surface area contributed by atoms with Crippen LogP contribution in [0.15, 0.2) is 29.1 Å². The van der Waals surface area contributed by atoms with Crippen LogP contribution in [0.1, 0.15) is 10.4 Å². The first-order valence-electron chi connectivity index (χ1n) is 4.75. The highest BCUT2D eigenvalue weighted by atomic mass is 32.1. The Hall–Kier alpha value is -2.75. The molecule has 2 aromatic rings. The minimum Gasteiger partial charge on any atom is -0.472 e. The highest BCUT2D eigenvalue weighted by Gasteiger charge is 2.26. The number of nitrogens with one attached hydrogen (secondary N) is 1. The van der Waals surface area contributed by atoms with Crippen molar-refractivity contribution < 1.29 is 19.1 Å². The minimum absolute atomic E-state index is 0.158. The van der Waals surface area contributed by atoms with E-state index in [0.717, 1.165) is 12.3 Å². The third-order valence-corrected chi connectivity index (χ3v) is 3.08. The third kappa shape index (κ3) is 2.57. The number of nitrogens with zero attached hydrogens (tertiary/aromatic N) is 2. The van der Waals surface area contributed by atoms with Gasteiger partial charge >= 0.3 is 10.7 Å². The largest absolute Gasteiger partial charge is 0.472 e. The van der Waals surface area contributed by atoms with Gasteiger partial charge < -0.3 is 9.73 Å². The molecule has 0 bridgehead atoms. The van der Waals surface area contributed by atoms with E-state index in [2.05, 4.69) is 5.32 Å². The van der Waals surface area contributed by atoms with E-state index in [9.17, 15) is 25.0 Å². The summed E-state index contributed by atoms with van der Waals surface area (Å²) >= 11 is 0.518. The molecule has 2 aromatic heterocycles. The maximum atomic E-state index is 11.7. The molecule has 1 N–H and O–H groups in total. The van der Waals surface area contributed by atoms with Gasteiger partial charge in [0.25, 0.3) is 5.91 Å².